The minimum Gasteiger partial charge on any atom is -0.497 e. The highest BCUT2D eigenvalue weighted by Crippen LogP contribution is 2.28. The third kappa shape index (κ3) is 4.34. The molecule has 1 aromatic heterocycles. The molecule has 3 aromatic rings. The normalized spacial score (nSPS) is 15.9. The first-order valence-corrected chi connectivity index (χ1v) is 10.7. The Hall–Kier alpha value is -3.14. The van der Waals surface area contributed by atoms with E-state index in [1.807, 2.05) is 12.1 Å². The zero-order valence-corrected chi connectivity index (χ0v) is 18.8. The average molecular weight is 530 g/mol. The van der Waals surface area contributed by atoms with E-state index in [1.165, 1.54) is 11.2 Å². The minimum atomic E-state index is -0.925. The summed E-state index contributed by atoms with van der Waals surface area (Å²) in [6.45, 7) is 0.0715. The van der Waals surface area contributed by atoms with Crippen LogP contribution in [0.15, 0.2) is 71.3 Å². The van der Waals surface area contributed by atoms with Crippen molar-refractivity contribution in [3.05, 3.63) is 81.8 Å². The summed E-state index contributed by atoms with van der Waals surface area (Å²) in [7, 11) is 1.54. The number of halogens is 1. The van der Waals surface area contributed by atoms with Gasteiger partial charge < -0.3 is 14.1 Å². The summed E-state index contributed by atoms with van der Waals surface area (Å²) in [5, 5.41) is 0. The Balaban J connectivity index is 1.66. The van der Waals surface area contributed by atoms with E-state index in [1.54, 1.807) is 55.6 Å². The lowest BCUT2D eigenvalue weighted by molar-refractivity contribution is -0.122. The van der Waals surface area contributed by atoms with Gasteiger partial charge in [-0.15, -0.1) is 0 Å². The van der Waals surface area contributed by atoms with Gasteiger partial charge >= 0.3 is 0 Å². The SMILES string of the molecule is COc1ccc(C(=O)N(Cc2ccco2)C2CC(=O)N(c3ccc(I)cc3)C2=O)cc1. The van der Waals surface area contributed by atoms with Gasteiger partial charge in [-0.1, -0.05) is 0 Å². The van der Waals surface area contributed by atoms with Crippen molar-refractivity contribution in [2.75, 3.05) is 12.0 Å². The highest BCUT2D eigenvalue weighted by molar-refractivity contribution is 14.1. The van der Waals surface area contributed by atoms with Crippen molar-refractivity contribution in [2.45, 2.75) is 19.0 Å². The summed E-state index contributed by atoms with van der Waals surface area (Å²) in [6.07, 6.45) is 1.41. The summed E-state index contributed by atoms with van der Waals surface area (Å²) in [5.74, 6) is -0.00145. The first kappa shape index (κ1) is 21.1. The van der Waals surface area contributed by atoms with Gasteiger partial charge in [-0.25, -0.2) is 4.90 Å². The lowest BCUT2D eigenvalue weighted by Gasteiger charge is -2.27. The van der Waals surface area contributed by atoms with Crippen molar-refractivity contribution in [2.24, 2.45) is 0 Å². The van der Waals surface area contributed by atoms with Crippen LogP contribution in [-0.2, 0) is 16.1 Å². The maximum Gasteiger partial charge on any atom is 0.257 e. The minimum absolute atomic E-state index is 0.0715. The standard InChI is InChI=1S/C23H19IN2O5/c1-30-18-10-4-15(5-11-18)22(28)25(14-19-3-2-12-31-19)20-13-21(27)26(23(20)29)17-8-6-16(24)7-9-17/h2-12,20H,13-14H2,1H3. The van der Waals surface area contributed by atoms with Crippen molar-refractivity contribution >= 4 is 46.0 Å². The van der Waals surface area contributed by atoms with E-state index >= 15 is 0 Å². The van der Waals surface area contributed by atoms with Gasteiger partial charge in [0.25, 0.3) is 11.8 Å². The Kier molecular flexibility index (Phi) is 6.08. The summed E-state index contributed by atoms with van der Waals surface area (Å²) in [5.41, 5.74) is 0.882. The molecule has 31 heavy (non-hydrogen) atoms. The number of amides is 3. The van der Waals surface area contributed by atoms with Gasteiger partial charge in [0.2, 0.25) is 5.91 Å². The second-order valence-electron chi connectivity index (χ2n) is 7.00. The van der Waals surface area contributed by atoms with Crippen molar-refractivity contribution in [3.8, 4) is 5.75 Å². The zero-order valence-electron chi connectivity index (χ0n) is 16.7. The van der Waals surface area contributed by atoms with Crippen LogP contribution < -0.4 is 9.64 Å². The van der Waals surface area contributed by atoms with Gasteiger partial charge in [-0.3, -0.25) is 14.4 Å². The van der Waals surface area contributed by atoms with Crippen LogP contribution in [0.5, 0.6) is 5.75 Å². The fraction of sp³-hybridized carbons (Fsp3) is 0.174. The molecule has 0 N–H and O–H groups in total. The topological polar surface area (TPSA) is 80.1 Å². The van der Waals surface area contributed by atoms with Gasteiger partial charge in [0.15, 0.2) is 0 Å². The van der Waals surface area contributed by atoms with Crippen LogP contribution in [0.1, 0.15) is 22.5 Å². The number of carbonyl (C=O) groups is 3. The van der Waals surface area contributed by atoms with Crippen LogP contribution in [-0.4, -0.2) is 35.8 Å². The molecular formula is C23H19IN2O5. The lowest BCUT2D eigenvalue weighted by Crippen LogP contribution is -2.45. The molecule has 1 atom stereocenters. The average Bonchev–Trinajstić information content (AvgIpc) is 3.40. The molecule has 3 amide bonds. The summed E-state index contributed by atoms with van der Waals surface area (Å²) in [4.78, 5) is 41.9. The quantitative estimate of drug-likeness (QED) is 0.357. The first-order chi connectivity index (χ1) is 15.0. The molecule has 0 aliphatic carbocycles. The smallest absolute Gasteiger partial charge is 0.257 e. The summed E-state index contributed by atoms with van der Waals surface area (Å²) >= 11 is 2.16. The monoisotopic (exact) mass is 530 g/mol. The highest BCUT2D eigenvalue weighted by atomic mass is 127. The number of rotatable bonds is 6. The molecule has 2 heterocycles. The molecule has 1 aliphatic rings. The molecule has 1 fully saturated rings. The van der Waals surface area contributed by atoms with Crippen LogP contribution in [0.4, 0.5) is 5.69 Å². The number of imide groups is 1. The Bertz CT molecular complexity index is 1090. The number of carbonyl (C=O) groups excluding carboxylic acids is 3. The van der Waals surface area contributed by atoms with Gasteiger partial charge in [-0.05, 0) is 83.3 Å². The van der Waals surface area contributed by atoms with E-state index in [2.05, 4.69) is 22.6 Å². The predicted molar refractivity (Wildman–Crippen MR) is 122 cm³/mol. The number of hydrogen-bond donors (Lipinski definition) is 0. The highest BCUT2D eigenvalue weighted by Gasteiger charge is 2.44. The van der Waals surface area contributed by atoms with E-state index in [0.29, 0.717) is 22.8 Å². The molecule has 1 aliphatic heterocycles. The third-order valence-corrected chi connectivity index (χ3v) is 5.81. The Morgan fingerprint density at radius 1 is 1.13 bits per heavy atom. The number of furan rings is 1. The second-order valence-corrected chi connectivity index (χ2v) is 8.25. The zero-order chi connectivity index (χ0) is 22.0. The van der Waals surface area contributed by atoms with Crippen LogP contribution in [0.2, 0.25) is 0 Å². The largest absolute Gasteiger partial charge is 0.497 e. The molecular weight excluding hydrogens is 511 g/mol. The van der Waals surface area contributed by atoms with E-state index < -0.39 is 11.9 Å². The first-order valence-electron chi connectivity index (χ1n) is 9.57. The van der Waals surface area contributed by atoms with E-state index in [0.717, 1.165) is 8.47 Å². The lowest BCUT2D eigenvalue weighted by atomic mass is 10.1. The molecule has 7 nitrogen and oxygen atoms in total. The molecule has 1 saturated heterocycles. The molecule has 158 valence electrons. The van der Waals surface area contributed by atoms with Crippen molar-refractivity contribution in [1.82, 2.24) is 4.90 Å². The Labute approximate surface area is 192 Å². The van der Waals surface area contributed by atoms with Gasteiger partial charge in [0, 0.05) is 9.13 Å². The summed E-state index contributed by atoms with van der Waals surface area (Å²) < 4.78 is 11.6. The number of benzene rings is 2. The van der Waals surface area contributed by atoms with Crippen molar-refractivity contribution in [3.63, 3.8) is 0 Å². The van der Waals surface area contributed by atoms with Crippen LogP contribution in [0, 0.1) is 3.57 Å². The third-order valence-electron chi connectivity index (χ3n) is 5.09. The number of methoxy groups -OCH3 is 1. The predicted octanol–water partition coefficient (Wildman–Crippen LogP) is 3.87. The van der Waals surface area contributed by atoms with Crippen LogP contribution >= 0.6 is 22.6 Å². The van der Waals surface area contributed by atoms with Gasteiger partial charge in [0.1, 0.15) is 17.6 Å². The van der Waals surface area contributed by atoms with Gasteiger partial charge in [-0.2, -0.15) is 0 Å². The number of anilines is 1. The van der Waals surface area contributed by atoms with Crippen molar-refractivity contribution < 1.29 is 23.5 Å². The van der Waals surface area contributed by atoms with E-state index in [9.17, 15) is 14.4 Å². The van der Waals surface area contributed by atoms with Crippen LogP contribution in [0.25, 0.3) is 0 Å². The van der Waals surface area contributed by atoms with E-state index in [-0.39, 0.29) is 24.8 Å². The van der Waals surface area contributed by atoms with E-state index in [4.69, 9.17) is 9.15 Å². The molecule has 0 saturated carbocycles. The molecule has 0 bridgehead atoms. The number of nitrogens with zero attached hydrogens (tertiary/aromatic N) is 2. The molecule has 0 radical (unpaired) electrons. The molecule has 2 aromatic carbocycles. The fourth-order valence-electron chi connectivity index (χ4n) is 3.51. The molecule has 4 rings (SSSR count). The number of hydrogen-bond acceptors (Lipinski definition) is 5. The van der Waals surface area contributed by atoms with Crippen LogP contribution in [0.3, 0.4) is 0 Å². The summed E-state index contributed by atoms with van der Waals surface area (Å²) in [6, 6.07) is 16.2. The maximum absolute atomic E-state index is 13.4. The molecule has 8 heteroatoms. The van der Waals surface area contributed by atoms with Crippen molar-refractivity contribution in [1.29, 1.82) is 0 Å². The Morgan fingerprint density at radius 3 is 2.45 bits per heavy atom. The molecule has 0 spiro atoms. The molecule has 1 unspecified atom stereocenters. The second kappa shape index (κ2) is 8.93. The van der Waals surface area contributed by atoms with Gasteiger partial charge in [0.05, 0.1) is 32.0 Å². The Morgan fingerprint density at radius 2 is 1.84 bits per heavy atom. The number of ether oxygens (including phenoxy) is 1. The maximum atomic E-state index is 13.4. The fourth-order valence-corrected chi connectivity index (χ4v) is 3.87.